The Morgan fingerprint density at radius 3 is 2.43 bits per heavy atom. The first-order valence-electron chi connectivity index (χ1n) is 11.5. The molecule has 188 valence electrons. The highest BCUT2D eigenvalue weighted by atomic mass is 19.1. The molecule has 0 saturated carbocycles. The molecule has 0 radical (unpaired) electrons. The van der Waals surface area contributed by atoms with Crippen LogP contribution in [0.25, 0.3) is 0 Å². The number of anilines is 1. The maximum Gasteiger partial charge on any atom is 0.257 e. The molecule has 0 aliphatic carbocycles. The number of carbonyl (C=O) groups is 3. The van der Waals surface area contributed by atoms with E-state index in [1.807, 2.05) is 13.8 Å². The van der Waals surface area contributed by atoms with Crippen molar-refractivity contribution in [3.05, 3.63) is 59.4 Å². The highest BCUT2D eigenvalue weighted by molar-refractivity contribution is 6.05. The second-order valence-corrected chi connectivity index (χ2v) is 8.94. The fourth-order valence-corrected chi connectivity index (χ4v) is 4.10. The van der Waals surface area contributed by atoms with E-state index in [4.69, 9.17) is 9.47 Å². The van der Waals surface area contributed by atoms with E-state index in [2.05, 4.69) is 5.32 Å². The summed E-state index contributed by atoms with van der Waals surface area (Å²) in [4.78, 5) is 41.6. The van der Waals surface area contributed by atoms with Crippen molar-refractivity contribution >= 4 is 23.4 Å². The van der Waals surface area contributed by atoms with E-state index in [0.29, 0.717) is 24.5 Å². The van der Waals surface area contributed by atoms with Crippen LogP contribution in [0.5, 0.6) is 5.75 Å². The van der Waals surface area contributed by atoms with Crippen LogP contribution in [0, 0.1) is 11.7 Å². The molecule has 0 saturated heterocycles. The van der Waals surface area contributed by atoms with Crippen molar-refractivity contribution in [3.63, 3.8) is 0 Å². The molecule has 3 amide bonds. The van der Waals surface area contributed by atoms with Crippen molar-refractivity contribution < 1.29 is 28.2 Å². The molecule has 0 unspecified atom stereocenters. The zero-order chi connectivity index (χ0) is 25.7. The number of rotatable bonds is 3. The Balaban J connectivity index is 1.93. The molecule has 1 aliphatic heterocycles. The quantitative estimate of drug-likeness (QED) is 0.720. The zero-order valence-corrected chi connectivity index (χ0v) is 20.7. The third kappa shape index (κ3) is 6.36. The number of hydrogen-bond donors (Lipinski definition) is 1. The van der Waals surface area contributed by atoms with Gasteiger partial charge in [0.1, 0.15) is 18.2 Å². The molecule has 8 nitrogen and oxygen atoms in total. The van der Waals surface area contributed by atoms with Crippen LogP contribution in [-0.4, -0.2) is 73.5 Å². The summed E-state index contributed by atoms with van der Waals surface area (Å²) in [5.74, 6) is -0.902. The summed E-state index contributed by atoms with van der Waals surface area (Å²) in [7, 11) is 3.26. The lowest BCUT2D eigenvalue weighted by molar-refractivity contribution is -0.133. The van der Waals surface area contributed by atoms with Gasteiger partial charge >= 0.3 is 0 Å². The van der Waals surface area contributed by atoms with E-state index < -0.39 is 11.7 Å². The summed E-state index contributed by atoms with van der Waals surface area (Å²) in [6.07, 6.45) is -0.289. The summed E-state index contributed by atoms with van der Waals surface area (Å²) in [6.45, 7) is 6.38. The molecule has 0 bridgehead atoms. The van der Waals surface area contributed by atoms with Gasteiger partial charge in [-0.3, -0.25) is 14.4 Å². The lowest BCUT2D eigenvalue weighted by Crippen LogP contribution is -2.48. The summed E-state index contributed by atoms with van der Waals surface area (Å²) in [6, 6.07) is 9.76. The molecule has 1 heterocycles. The lowest BCUT2D eigenvalue weighted by Gasteiger charge is -2.35. The number of benzene rings is 2. The molecule has 2 aromatic rings. The Morgan fingerprint density at radius 2 is 1.80 bits per heavy atom. The SMILES string of the molecule is CO[C@H]1CN(C)C(=O)c2cc(NC(=O)c3ccc(F)cc3)ccc2OC[C@H](C)N(C(C)=O)C[C@@H]1C. The first-order valence-corrected chi connectivity index (χ1v) is 11.5. The molecule has 0 aromatic heterocycles. The number of amides is 3. The van der Waals surface area contributed by atoms with Gasteiger partial charge in [0.15, 0.2) is 0 Å². The summed E-state index contributed by atoms with van der Waals surface area (Å²) < 4.78 is 24.8. The molecule has 1 aliphatic rings. The van der Waals surface area contributed by atoms with E-state index in [1.54, 1.807) is 42.2 Å². The van der Waals surface area contributed by atoms with Gasteiger partial charge in [-0.15, -0.1) is 0 Å². The van der Waals surface area contributed by atoms with Crippen molar-refractivity contribution in [1.82, 2.24) is 9.80 Å². The van der Waals surface area contributed by atoms with E-state index in [1.165, 1.54) is 31.2 Å². The molecule has 1 N–H and O–H groups in total. The lowest BCUT2D eigenvalue weighted by atomic mass is 10.0. The Kier molecular flexibility index (Phi) is 8.45. The predicted octanol–water partition coefficient (Wildman–Crippen LogP) is 3.43. The van der Waals surface area contributed by atoms with Crippen LogP contribution in [0.3, 0.4) is 0 Å². The second-order valence-electron chi connectivity index (χ2n) is 8.94. The average Bonchev–Trinajstić information content (AvgIpc) is 2.83. The molecule has 0 fully saturated rings. The number of methoxy groups -OCH3 is 1. The normalized spacial score (nSPS) is 21.3. The van der Waals surface area contributed by atoms with Crippen molar-refractivity contribution in [1.29, 1.82) is 0 Å². The van der Waals surface area contributed by atoms with Crippen LogP contribution < -0.4 is 10.1 Å². The Labute approximate surface area is 205 Å². The Morgan fingerprint density at radius 1 is 1.11 bits per heavy atom. The Hall–Kier alpha value is -3.46. The summed E-state index contributed by atoms with van der Waals surface area (Å²) >= 11 is 0. The van der Waals surface area contributed by atoms with Gasteiger partial charge in [-0.25, -0.2) is 4.39 Å². The second kappa shape index (κ2) is 11.3. The fraction of sp³-hybridized carbons (Fsp3) is 0.423. The minimum atomic E-state index is -0.437. The van der Waals surface area contributed by atoms with Gasteiger partial charge in [-0.05, 0) is 49.4 Å². The molecular weight excluding hydrogens is 453 g/mol. The van der Waals surface area contributed by atoms with Gasteiger partial charge < -0.3 is 24.6 Å². The first kappa shape index (κ1) is 26.2. The van der Waals surface area contributed by atoms with E-state index in [-0.39, 0.29) is 47.6 Å². The van der Waals surface area contributed by atoms with Crippen LogP contribution in [-0.2, 0) is 9.53 Å². The van der Waals surface area contributed by atoms with Crippen molar-refractivity contribution in [2.24, 2.45) is 5.92 Å². The highest BCUT2D eigenvalue weighted by Gasteiger charge is 2.29. The molecule has 2 aromatic carbocycles. The number of nitrogens with one attached hydrogen (secondary N) is 1. The minimum Gasteiger partial charge on any atom is -0.491 e. The predicted molar refractivity (Wildman–Crippen MR) is 130 cm³/mol. The maximum absolute atomic E-state index is 13.4. The molecule has 35 heavy (non-hydrogen) atoms. The number of nitrogens with zero attached hydrogens (tertiary/aromatic N) is 2. The number of fused-ring (bicyclic) bond motifs is 1. The molecular formula is C26H32FN3O5. The largest absolute Gasteiger partial charge is 0.491 e. The number of halogens is 1. The van der Waals surface area contributed by atoms with Crippen LogP contribution in [0.2, 0.25) is 0 Å². The zero-order valence-electron chi connectivity index (χ0n) is 20.7. The molecule has 0 spiro atoms. The molecule has 3 rings (SSSR count). The number of ether oxygens (including phenoxy) is 2. The molecule has 3 atom stereocenters. The van der Waals surface area contributed by atoms with E-state index in [9.17, 15) is 18.8 Å². The van der Waals surface area contributed by atoms with Crippen LogP contribution in [0.15, 0.2) is 42.5 Å². The highest BCUT2D eigenvalue weighted by Crippen LogP contribution is 2.27. The molecule has 9 heteroatoms. The van der Waals surface area contributed by atoms with Gasteiger partial charge in [0.25, 0.3) is 11.8 Å². The smallest absolute Gasteiger partial charge is 0.257 e. The monoisotopic (exact) mass is 485 g/mol. The Bertz CT molecular complexity index is 1080. The first-order chi connectivity index (χ1) is 16.6. The van der Waals surface area contributed by atoms with Gasteiger partial charge in [0.05, 0.1) is 17.7 Å². The number of likely N-dealkylation sites (N-methyl/N-ethyl adjacent to an activating group) is 1. The van der Waals surface area contributed by atoms with Crippen LogP contribution in [0.4, 0.5) is 10.1 Å². The van der Waals surface area contributed by atoms with E-state index in [0.717, 1.165) is 0 Å². The van der Waals surface area contributed by atoms with Crippen LogP contribution >= 0.6 is 0 Å². The summed E-state index contributed by atoms with van der Waals surface area (Å²) in [5, 5.41) is 2.74. The third-order valence-corrected chi connectivity index (χ3v) is 6.21. The standard InChI is InChI=1S/C26H32FN3O5/c1-16-13-30(18(3)31)17(2)15-35-23-11-10-21(28-25(32)19-6-8-20(27)9-7-19)12-22(23)26(33)29(4)14-24(16)34-5/h6-12,16-17,24H,13-15H2,1-5H3,(H,28,32)/t16-,17-,24-/m0/s1. The summed E-state index contributed by atoms with van der Waals surface area (Å²) in [5.41, 5.74) is 0.952. The van der Waals surface area contributed by atoms with Crippen molar-refractivity contribution in [2.45, 2.75) is 32.9 Å². The van der Waals surface area contributed by atoms with Crippen molar-refractivity contribution in [2.75, 3.05) is 39.2 Å². The van der Waals surface area contributed by atoms with E-state index >= 15 is 0 Å². The maximum atomic E-state index is 13.4. The van der Waals surface area contributed by atoms with Crippen LogP contribution in [0.1, 0.15) is 41.5 Å². The van der Waals surface area contributed by atoms with Gasteiger partial charge in [-0.2, -0.15) is 0 Å². The van der Waals surface area contributed by atoms with Gasteiger partial charge in [0, 0.05) is 51.3 Å². The average molecular weight is 486 g/mol. The van der Waals surface area contributed by atoms with Crippen molar-refractivity contribution in [3.8, 4) is 5.75 Å². The minimum absolute atomic E-state index is 0.0261. The van der Waals surface area contributed by atoms with Gasteiger partial charge in [-0.1, -0.05) is 6.92 Å². The number of hydrogen-bond acceptors (Lipinski definition) is 5. The van der Waals surface area contributed by atoms with Gasteiger partial charge in [0.2, 0.25) is 5.91 Å². The number of carbonyl (C=O) groups excluding carboxylic acids is 3. The topological polar surface area (TPSA) is 88.2 Å². The fourth-order valence-electron chi connectivity index (χ4n) is 4.10. The third-order valence-electron chi connectivity index (χ3n) is 6.21.